The first-order valence-electron chi connectivity index (χ1n) is 12.2. The largest absolute Gasteiger partial charge is 0.493 e. The van der Waals surface area contributed by atoms with Gasteiger partial charge in [0, 0.05) is 20.9 Å². The minimum absolute atomic E-state index is 0.0333. The second-order valence-corrected chi connectivity index (χ2v) is 10.7. The van der Waals surface area contributed by atoms with Crippen LogP contribution in [-0.4, -0.2) is 35.5 Å². The molecule has 0 aliphatic heterocycles. The van der Waals surface area contributed by atoms with Crippen molar-refractivity contribution in [1.29, 1.82) is 0 Å². The van der Waals surface area contributed by atoms with Gasteiger partial charge in [-0.25, -0.2) is 9.37 Å². The Morgan fingerprint density at radius 2 is 2.00 bits per heavy atom. The number of aromatic nitrogens is 2. The number of methoxy groups -OCH3 is 1. The lowest BCUT2D eigenvalue weighted by Crippen LogP contribution is -2.22. The van der Waals surface area contributed by atoms with Crippen LogP contribution >= 0.6 is 43.5 Å². The molecule has 40 heavy (non-hydrogen) atoms. The third kappa shape index (κ3) is 6.71. The van der Waals surface area contributed by atoms with E-state index in [4.69, 9.17) is 21.1 Å². The highest BCUT2D eigenvalue weighted by Gasteiger charge is 2.19. The molecule has 208 valence electrons. The van der Waals surface area contributed by atoms with E-state index in [1.807, 2.05) is 6.07 Å². The normalized spacial score (nSPS) is 11.2. The molecule has 0 radical (unpaired) electrons. The number of aryl methyl sites for hydroxylation is 1. The fourth-order valence-corrected chi connectivity index (χ4v) is 4.82. The molecular formula is C28H24Br2ClFN4O4. The molecule has 0 aliphatic rings. The second-order valence-electron chi connectivity index (χ2n) is 8.60. The van der Waals surface area contributed by atoms with Crippen LogP contribution in [-0.2, 0) is 11.2 Å². The van der Waals surface area contributed by atoms with Gasteiger partial charge in [0.15, 0.2) is 18.1 Å². The molecule has 0 atom stereocenters. The van der Waals surface area contributed by atoms with Gasteiger partial charge in [0.25, 0.3) is 11.5 Å². The number of nitrogens with zero attached hydrogens (tertiary/aromatic N) is 3. The third-order valence-corrected chi connectivity index (χ3v) is 7.75. The van der Waals surface area contributed by atoms with Gasteiger partial charge >= 0.3 is 0 Å². The molecule has 0 saturated heterocycles. The molecule has 4 rings (SSSR count). The SMILES string of the molecule is CCCCc1nc2ccc(Br)cc2c(=O)n1N=Cc1cc(OC)c(OCC(=O)Nc2ccccc2F)c(Cl)c1Br. The quantitative estimate of drug-likeness (QED) is 0.181. The van der Waals surface area contributed by atoms with Gasteiger partial charge in [-0.05, 0) is 58.7 Å². The number of para-hydroxylation sites is 1. The van der Waals surface area contributed by atoms with Crippen molar-refractivity contribution >= 4 is 72.2 Å². The summed E-state index contributed by atoms with van der Waals surface area (Å²) in [5.74, 6) is -0.279. The minimum Gasteiger partial charge on any atom is -0.493 e. The Hall–Kier alpha value is -3.28. The van der Waals surface area contributed by atoms with E-state index in [0.29, 0.717) is 33.2 Å². The summed E-state index contributed by atoms with van der Waals surface area (Å²) in [6, 6.07) is 12.7. The van der Waals surface area contributed by atoms with Crippen molar-refractivity contribution in [3.8, 4) is 11.5 Å². The van der Waals surface area contributed by atoms with E-state index in [9.17, 15) is 14.0 Å². The van der Waals surface area contributed by atoms with Gasteiger partial charge in [-0.2, -0.15) is 9.78 Å². The smallest absolute Gasteiger partial charge is 0.282 e. The molecule has 8 nitrogen and oxygen atoms in total. The van der Waals surface area contributed by atoms with Crippen molar-refractivity contribution in [2.45, 2.75) is 26.2 Å². The average Bonchev–Trinajstić information content (AvgIpc) is 2.94. The lowest BCUT2D eigenvalue weighted by Gasteiger charge is -2.15. The zero-order valence-electron chi connectivity index (χ0n) is 21.5. The van der Waals surface area contributed by atoms with E-state index in [-0.39, 0.29) is 27.8 Å². The van der Waals surface area contributed by atoms with E-state index in [0.717, 1.165) is 17.3 Å². The Balaban J connectivity index is 1.64. The number of carbonyl (C=O) groups is 1. The fraction of sp³-hybridized carbons (Fsp3) is 0.214. The Bertz CT molecular complexity index is 1660. The monoisotopic (exact) mass is 692 g/mol. The number of ether oxygens (including phenoxy) is 2. The van der Waals surface area contributed by atoms with Crippen molar-refractivity contribution in [2.24, 2.45) is 5.10 Å². The number of hydrogen-bond donors (Lipinski definition) is 1. The van der Waals surface area contributed by atoms with Crippen LogP contribution in [0.4, 0.5) is 10.1 Å². The van der Waals surface area contributed by atoms with E-state index < -0.39 is 18.3 Å². The number of halogens is 4. The van der Waals surface area contributed by atoms with Crippen LogP contribution in [0.15, 0.2) is 67.4 Å². The molecule has 0 unspecified atom stereocenters. The number of anilines is 1. The Labute approximate surface area is 251 Å². The van der Waals surface area contributed by atoms with Gasteiger partial charge in [0.05, 0.1) is 29.9 Å². The lowest BCUT2D eigenvalue weighted by molar-refractivity contribution is -0.118. The molecule has 0 bridgehead atoms. The van der Waals surface area contributed by atoms with Crippen LogP contribution in [0, 0.1) is 5.82 Å². The van der Waals surface area contributed by atoms with E-state index in [2.05, 4.69) is 54.2 Å². The van der Waals surface area contributed by atoms with E-state index >= 15 is 0 Å². The van der Waals surface area contributed by atoms with Gasteiger partial charge < -0.3 is 14.8 Å². The van der Waals surface area contributed by atoms with Crippen LogP contribution < -0.4 is 20.3 Å². The van der Waals surface area contributed by atoms with Gasteiger partial charge in [0.1, 0.15) is 16.7 Å². The molecule has 3 aromatic carbocycles. The first-order chi connectivity index (χ1) is 19.2. The predicted octanol–water partition coefficient (Wildman–Crippen LogP) is 6.96. The topological polar surface area (TPSA) is 94.8 Å². The molecule has 1 N–H and O–H groups in total. The zero-order valence-corrected chi connectivity index (χ0v) is 25.4. The highest BCUT2D eigenvalue weighted by Crippen LogP contribution is 2.42. The molecule has 0 fully saturated rings. The summed E-state index contributed by atoms with van der Waals surface area (Å²) in [7, 11) is 1.42. The van der Waals surface area contributed by atoms with Crippen molar-refractivity contribution in [3.63, 3.8) is 0 Å². The number of fused-ring (bicyclic) bond motifs is 1. The highest BCUT2D eigenvalue weighted by atomic mass is 79.9. The van der Waals surface area contributed by atoms with Crippen LogP contribution in [0.25, 0.3) is 10.9 Å². The second kappa shape index (κ2) is 13.4. The molecule has 4 aromatic rings. The fourth-order valence-electron chi connectivity index (χ4n) is 3.80. The molecule has 0 aliphatic carbocycles. The number of hydrogen-bond acceptors (Lipinski definition) is 6. The van der Waals surface area contributed by atoms with Gasteiger partial charge in [0.2, 0.25) is 0 Å². The summed E-state index contributed by atoms with van der Waals surface area (Å²) in [5, 5.41) is 7.46. The Morgan fingerprint density at radius 3 is 2.73 bits per heavy atom. The molecule has 1 aromatic heterocycles. The van der Waals surface area contributed by atoms with Crippen molar-refractivity contribution < 1.29 is 18.7 Å². The van der Waals surface area contributed by atoms with Crippen molar-refractivity contribution in [2.75, 3.05) is 19.0 Å². The number of unbranched alkanes of at least 4 members (excludes halogenated alkanes) is 1. The summed E-state index contributed by atoms with van der Waals surface area (Å²) in [5.41, 5.74) is 0.819. The molecule has 1 amide bonds. The standard InChI is InChI=1S/C28H24Br2ClFN4O4/c1-3-4-9-23-34-20-11-10-17(29)13-18(20)28(38)36(23)33-14-16-12-22(39-2)27(26(31)25(16)30)40-15-24(37)35-21-8-6-5-7-19(21)32/h5-8,10-14H,3-4,9,15H2,1-2H3,(H,35,37). The molecule has 0 saturated carbocycles. The Kier molecular flexibility index (Phi) is 9.94. The summed E-state index contributed by atoms with van der Waals surface area (Å²) < 4.78 is 27.4. The molecule has 1 heterocycles. The third-order valence-electron chi connectivity index (χ3n) is 5.81. The number of rotatable bonds is 10. The van der Waals surface area contributed by atoms with Crippen LogP contribution in [0.5, 0.6) is 11.5 Å². The number of amides is 1. The Morgan fingerprint density at radius 1 is 1.23 bits per heavy atom. The van der Waals surface area contributed by atoms with E-state index in [1.54, 1.807) is 24.3 Å². The van der Waals surface area contributed by atoms with Crippen molar-refractivity contribution in [3.05, 3.63) is 90.1 Å². The lowest BCUT2D eigenvalue weighted by atomic mass is 10.2. The number of benzene rings is 3. The van der Waals surface area contributed by atoms with Crippen LogP contribution in [0.3, 0.4) is 0 Å². The highest BCUT2D eigenvalue weighted by molar-refractivity contribution is 9.10. The van der Waals surface area contributed by atoms with Gasteiger partial charge in [-0.1, -0.05) is 53.0 Å². The molecule has 0 spiro atoms. The maximum Gasteiger partial charge on any atom is 0.282 e. The summed E-state index contributed by atoms with van der Waals surface area (Å²) in [6.45, 7) is 1.61. The number of carbonyl (C=O) groups excluding carboxylic acids is 1. The maximum atomic E-state index is 13.9. The van der Waals surface area contributed by atoms with Crippen molar-refractivity contribution in [1.82, 2.24) is 9.66 Å². The van der Waals surface area contributed by atoms with Gasteiger partial charge in [-0.15, -0.1) is 0 Å². The summed E-state index contributed by atoms with van der Waals surface area (Å²) in [6.07, 6.45) is 3.80. The number of nitrogens with one attached hydrogen (secondary N) is 1. The molecule has 12 heteroatoms. The maximum absolute atomic E-state index is 13.9. The molecular weight excluding hydrogens is 671 g/mol. The summed E-state index contributed by atoms with van der Waals surface area (Å²) >= 11 is 13.4. The minimum atomic E-state index is -0.584. The van der Waals surface area contributed by atoms with E-state index in [1.165, 1.54) is 36.2 Å². The average molecular weight is 695 g/mol. The van der Waals surface area contributed by atoms with Crippen LogP contribution in [0.2, 0.25) is 5.02 Å². The predicted molar refractivity (Wildman–Crippen MR) is 162 cm³/mol. The zero-order chi connectivity index (χ0) is 28.8. The first kappa shape index (κ1) is 29.7. The first-order valence-corrected chi connectivity index (χ1v) is 14.2. The van der Waals surface area contributed by atoms with Crippen LogP contribution in [0.1, 0.15) is 31.2 Å². The summed E-state index contributed by atoms with van der Waals surface area (Å²) in [4.78, 5) is 30.4. The van der Waals surface area contributed by atoms with Gasteiger partial charge in [-0.3, -0.25) is 9.59 Å².